The summed E-state index contributed by atoms with van der Waals surface area (Å²) in [6, 6.07) is 0.582. The van der Waals surface area contributed by atoms with E-state index in [1.807, 2.05) is 7.05 Å². The van der Waals surface area contributed by atoms with Crippen LogP contribution in [0.3, 0.4) is 0 Å². The van der Waals surface area contributed by atoms with Crippen molar-refractivity contribution < 1.29 is 34.8 Å². The molecular formula is C28H36N4O7. The van der Waals surface area contributed by atoms with Crippen molar-refractivity contribution in [3.63, 3.8) is 0 Å². The Bertz CT molecular complexity index is 1350. The summed E-state index contributed by atoms with van der Waals surface area (Å²) < 4.78 is 0. The van der Waals surface area contributed by atoms with Crippen molar-refractivity contribution in [3.8, 4) is 5.75 Å². The largest absolute Gasteiger partial charge is 0.510 e. The number of phenolic OH excluding ortho intramolecular Hbond substituents is 1. The minimum Gasteiger partial charge on any atom is -0.510 e. The maximum absolute atomic E-state index is 13.9. The second-order valence-electron chi connectivity index (χ2n) is 11.4. The highest BCUT2D eigenvalue weighted by molar-refractivity contribution is 6.24. The summed E-state index contributed by atoms with van der Waals surface area (Å²) in [4.78, 5) is 43.1. The van der Waals surface area contributed by atoms with Gasteiger partial charge in [-0.05, 0) is 69.4 Å². The van der Waals surface area contributed by atoms with E-state index in [-0.39, 0.29) is 35.8 Å². The molecule has 0 radical (unpaired) electrons. The number of ketones is 2. The fourth-order valence-corrected chi connectivity index (χ4v) is 7.17. The molecule has 210 valence electrons. The van der Waals surface area contributed by atoms with Gasteiger partial charge in [-0.1, -0.05) is 6.92 Å². The van der Waals surface area contributed by atoms with Crippen LogP contribution < -0.4 is 16.0 Å². The molecule has 1 aromatic rings. The number of nitrogens with two attached hydrogens (primary N) is 1. The van der Waals surface area contributed by atoms with Gasteiger partial charge in [0.25, 0.3) is 5.91 Å². The van der Waals surface area contributed by atoms with Crippen molar-refractivity contribution in [1.29, 1.82) is 0 Å². The SMILES string of the molecule is CCCNC1CCN(C)c2c1cc(O)c1c2C[C@@H]2C[C@@H]3[C@@H](N(C)C)C(O)=C(C(N)=O)C(=O)[C@@]3(O)C(O)=C2C1=O. The van der Waals surface area contributed by atoms with Crippen LogP contribution in [0.25, 0.3) is 0 Å². The second kappa shape index (κ2) is 9.35. The molecule has 1 aromatic carbocycles. The van der Waals surface area contributed by atoms with Gasteiger partial charge in [-0.15, -0.1) is 0 Å². The lowest BCUT2D eigenvalue weighted by Gasteiger charge is -2.50. The van der Waals surface area contributed by atoms with Crippen LogP contribution in [0, 0.1) is 11.8 Å². The molecule has 1 amide bonds. The monoisotopic (exact) mass is 540 g/mol. The first-order valence-corrected chi connectivity index (χ1v) is 13.3. The van der Waals surface area contributed by atoms with Crippen LogP contribution in [0.4, 0.5) is 5.69 Å². The molecule has 1 heterocycles. The third-order valence-corrected chi connectivity index (χ3v) is 8.88. The molecular weight excluding hydrogens is 504 g/mol. The molecule has 0 aromatic heterocycles. The predicted octanol–water partition coefficient (Wildman–Crippen LogP) is 1.00. The quantitative estimate of drug-likeness (QED) is 0.295. The van der Waals surface area contributed by atoms with E-state index < -0.39 is 58.0 Å². The van der Waals surface area contributed by atoms with Gasteiger partial charge in [0.2, 0.25) is 5.78 Å². The number of aliphatic hydroxyl groups is 3. The molecule has 11 heteroatoms. The minimum absolute atomic E-state index is 0.00707. The topological polar surface area (TPSA) is 177 Å². The predicted molar refractivity (Wildman–Crippen MR) is 143 cm³/mol. The Morgan fingerprint density at radius 3 is 2.56 bits per heavy atom. The van der Waals surface area contributed by atoms with E-state index in [1.165, 1.54) is 0 Å². The molecule has 7 N–H and O–H groups in total. The molecule has 5 rings (SSSR count). The van der Waals surface area contributed by atoms with E-state index in [4.69, 9.17) is 5.73 Å². The smallest absolute Gasteiger partial charge is 0.255 e. The fourth-order valence-electron chi connectivity index (χ4n) is 7.17. The zero-order chi connectivity index (χ0) is 28.5. The number of rotatable bonds is 5. The number of nitrogens with one attached hydrogen (secondary N) is 1. The number of phenols is 1. The average Bonchev–Trinajstić information content (AvgIpc) is 2.85. The van der Waals surface area contributed by atoms with Gasteiger partial charge in [0.15, 0.2) is 11.4 Å². The summed E-state index contributed by atoms with van der Waals surface area (Å²) in [6.45, 7) is 3.62. The molecule has 3 aliphatic carbocycles. The third-order valence-electron chi connectivity index (χ3n) is 8.88. The maximum Gasteiger partial charge on any atom is 0.255 e. The van der Waals surface area contributed by atoms with Crippen molar-refractivity contribution in [2.45, 2.75) is 50.3 Å². The molecule has 39 heavy (non-hydrogen) atoms. The van der Waals surface area contributed by atoms with Gasteiger partial charge in [0.05, 0.1) is 11.6 Å². The molecule has 4 aliphatic rings. The van der Waals surface area contributed by atoms with Crippen molar-refractivity contribution >= 4 is 23.2 Å². The Balaban J connectivity index is 1.69. The minimum atomic E-state index is -2.64. The number of aromatic hydroxyl groups is 1. The molecule has 1 aliphatic heterocycles. The number of likely N-dealkylation sites (N-methyl/N-ethyl adjacent to an activating group) is 1. The highest BCUT2D eigenvalue weighted by Gasteiger charge is 2.63. The number of carbonyl (C=O) groups is 3. The van der Waals surface area contributed by atoms with E-state index in [1.54, 1.807) is 25.1 Å². The van der Waals surface area contributed by atoms with Gasteiger partial charge in [0.1, 0.15) is 22.8 Å². The lowest BCUT2D eigenvalue weighted by molar-refractivity contribution is -0.148. The van der Waals surface area contributed by atoms with Gasteiger partial charge in [0, 0.05) is 36.8 Å². The van der Waals surface area contributed by atoms with Gasteiger partial charge in [-0.25, -0.2) is 0 Å². The van der Waals surface area contributed by atoms with Crippen molar-refractivity contribution in [2.75, 3.05) is 39.1 Å². The molecule has 0 saturated carbocycles. The zero-order valence-electron chi connectivity index (χ0n) is 22.6. The summed E-state index contributed by atoms with van der Waals surface area (Å²) in [5.74, 6) is -6.45. The van der Waals surface area contributed by atoms with Crippen molar-refractivity contribution in [2.24, 2.45) is 17.6 Å². The Morgan fingerprint density at radius 1 is 1.26 bits per heavy atom. The third kappa shape index (κ3) is 3.70. The first-order chi connectivity index (χ1) is 18.4. The Labute approximate surface area is 226 Å². The second-order valence-corrected chi connectivity index (χ2v) is 11.4. The lowest BCUT2D eigenvalue weighted by atomic mass is 9.58. The first kappa shape index (κ1) is 27.2. The van der Waals surface area contributed by atoms with Crippen LogP contribution in [-0.2, 0) is 16.0 Å². The zero-order valence-corrected chi connectivity index (χ0v) is 22.6. The van der Waals surface area contributed by atoms with E-state index >= 15 is 0 Å². The number of aliphatic hydroxyl groups excluding tert-OH is 2. The number of Topliss-reactive ketones (excluding diaryl/α,β-unsaturated/α-hetero) is 2. The van der Waals surface area contributed by atoms with Crippen molar-refractivity contribution in [1.82, 2.24) is 10.2 Å². The summed E-state index contributed by atoms with van der Waals surface area (Å²) in [5, 5.41) is 48.7. The first-order valence-electron chi connectivity index (χ1n) is 13.3. The molecule has 0 fully saturated rings. The number of carbonyl (C=O) groups excluding carboxylic acids is 3. The van der Waals surface area contributed by atoms with Crippen LogP contribution in [-0.4, -0.2) is 88.7 Å². The Hall–Kier alpha value is -3.41. The lowest BCUT2D eigenvalue weighted by Crippen LogP contribution is -2.63. The summed E-state index contributed by atoms with van der Waals surface area (Å²) in [7, 11) is 5.16. The average molecular weight is 541 g/mol. The number of hydrogen-bond acceptors (Lipinski definition) is 10. The molecule has 5 atom stereocenters. The molecule has 1 unspecified atom stereocenters. The number of nitrogens with zero attached hydrogens (tertiary/aromatic N) is 2. The van der Waals surface area contributed by atoms with Crippen LogP contribution in [0.15, 0.2) is 28.7 Å². The van der Waals surface area contributed by atoms with Gasteiger partial charge in [-0.3, -0.25) is 19.3 Å². The number of fused-ring (bicyclic) bond motifs is 5. The highest BCUT2D eigenvalue weighted by atomic mass is 16.3. The summed E-state index contributed by atoms with van der Waals surface area (Å²) >= 11 is 0. The van der Waals surface area contributed by atoms with Crippen LogP contribution in [0.5, 0.6) is 5.75 Å². The van der Waals surface area contributed by atoms with Crippen LogP contribution in [0.1, 0.15) is 53.7 Å². The summed E-state index contributed by atoms with van der Waals surface area (Å²) in [5.41, 5.74) is 4.24. The number of amides is 1. The van der Waals surface area contributed by atoms with Gasteiger partial charge in [-0.2, -0.15) is 0 Å². The Kier molecular flexibility index (Phi) is 6.52. The molecule has 11 nitrogen and oxygen atoms in total. The highest BCUT2D eigenvalue weighted by Crippen LogP contribution is 2.54. The molecule has 0 bridgehead atoms. The Morgan fingerprint density at radius 2 is 1.95 bits per heavy atom. The fraction of sp³-hybridized carbons (Fsp3) is 0.536. The van der Waals surface area contributed by atoms with Gasteiger partial charge >= 0.3 is 0 Å². The van der Waals surface area contributed by atoms with E-state index in [0.29, 0.717) is 5.56 Å². The van der Waals surface area contributed by atoms with Gasteiger partial charge < -0.3 is 36.4 Å². The van der Waals surface area contributed by atoms with E-state index in [2.05, 4.69) is 17.1 Å². The standard InChI is InChI=1S/C28H36N4O7/c1-5-7-30-16-6-8-32(4)21-13(16)11-17(33)19-14(21)9-12-10-15-22(31(2)3)24(35)20(27(29)38)26(37)28(15,39)25(36)18(12)23(19)34/h11-12,15-16,22,30,33,35-36,39H,5-10H2,1-4H3,(H2,29,38)/t12-,15-,16?,22-,28+/m1/s1. The molecule has 0 spiro atoms. The van der Waals surface area contributed by atoms with Crippen LogP contribution in [0.2, 0.25) is 0 Å². The number of anilines is 1. The normalized spacial score (nSPS) is 30.3. The maximum atomic E-state index is 13.9. The number of allylic oxidation sites excluding steroid dienone is 1. The summed E-state index contributed by atoms with van der Waals surface area (Å²) in [6.07, 6.45) is 2.12. The van der Waals surface area contributed by atoms with Crippen molar-refractivity contribution in [3.05, 3.63) is 45.4 Å². The van der Waals surface area contributed by atoms with E-state index in [0.717, 1.165) is 37.2 Å². The number of primary amides is 1. The number of benzene rings is 1. The number of hydrogen-bond donors (Lipinski definition) is 6. The van der Waals surface area contributed by atoms with Crippen LogP contribution >= 0.6 is 0 Å². The van der Waals surface area contributed by atoms with E-state index in [9.17, 15) is 34.8 Å². The molecule has 0 saturated heterocycles.